The molecule has 0 aliphatic carbocycles. The zero-order valence-corrected chi connectivity index (χ0v) is 21.0. The minimum atomic E-state index is 0.00367. The predicted molar refractivity (Wildman–Crippen MR) is 149 cm³/mol. The molecule has 0 amide bonds. The van der Waals surface area contributed by atoms with Gasteiger partial charge in [0.1, 0.15) is 0 Å². The van der Waals surface area contributed by atoms with E-state index in [9.17, 15) is 0 Å². The molecule has 4 aromatic rings. The summed E-state index contributed by atoms with van der Waals surface area (Å²) >= 11 is 0. The van der Waals surface area contributed by atoms with Gasteiger partial charge < -0.3 is 0 Å². The van der Waals surface area contributed by atoms with Gasteiger partial charge in [-0.05, 0) is 50.8 Å². The van der Waals surface area contributed by atoms with Crippen molar-refractivity contribution in [3.63, 3.8) is 0 Å². The molecular formula is C33H32N2. The second-order valence-corrected chi connectivity index (χ2v) is 10.3. The quantitative estimate of drug-likeness (QED) is 0.289. The van der Waals surface area contributed by atoms with Gasteiger partial charge in [0.15, 0.2) is 0 Å². The fourth-order valence-electron chi connectivity index (χ4n) is 4.67. The molecule has 0 saturated heterocycles. The zero-order valence-electron chi connectivity index (χ0n) is 21.0. The molecule has 2 nitrogen and oxygen atoms in total. The lowest BCUT2D eigenvalue weighted by Gasteiger charge is -2.21. The van der Waals surface area contributed by atoms with Gasteiger partial charge in [-0.1, -0.05) is 131 Å². The van der Waals surface area contributed by atoms with Crippen molar-refractivity contribution in [2.24, 2.45) is 10.2 Å². The molecule has 0 radical (unpaired) electrons. The van der Waals surface area contributed by atoms with E-state index in [1.54, 1.807) is 0 Å². The van der Waals surface area contributed by atoms with E-state index in [1.165, 1.54) is 27.8 Å². The molecule has 0 fully saturated rings. The summed E-state index contributed by atoms with van der Waals surface area (Å²) in [6.07, 6.45) is 1.03. The summed E-state index contributed by atoms with van der Waals surface area (Å²) in [5.74, 6) is 0.00367. The Hall–Kier alpha value is -3.78. The van der Waals surface area contributed by atoms with Crippen molar-refractivity contribution in [1.29, 1.82) is 0 Å². The Morgan fingerprint density at radius 1 is 0.571 bits per heavy atom. The second-order valence-electron chi connectivity index (χ2n) is 10.3. The van der Waals surface area contributed by atoms with E-state index in [0.29, 0.717) is 0 Å². The van der Waals surface area contributed by atoms with E-state index >= 15 is 0 Å². The Bertz CT molecular complexity index is 1350. The van der Waals surface area contributed by atoms with Crippen molar-refractivity contribution >= 4 is 11.4 Å². The van der Waals surface area contributed by atoms with Crippen LogP contribution < -0.4 is 0 Å². The highest BCUT2D eigenvalue weighted by Crippen LogP contribution is 2.33. The lowest BCUT2D eigenvalue weighted by atomic mass is 9.82. The first-order valence-corrected chi connectivity index (χ1v) is 12.4. The fraction of sp³-hybridized carbons (Fsp3) is 0.212. The van der Waals surface area contributed by atoms with Crippen LogP contribution in [-0.2, 0) is 11.8 Å². The van der Waals surface area contributed by atoms with Gasteiger partial charge in [0.25, 0.3) is 0 Å². The Kier molecular flexibility index (Phi) is 6.21. The summed E-state index contributed by atoms with van der Waals surface area (Å²) in [7, 11) is 0. The largest absolute Gasteiger partial charge is 0.154 e. The third kappa shape index (κ3) is 4.74. The first kappa shape index (κ1) is 23.0. The molecule has 1 aliphatic rings. The normalized spacial score (nSPS) is 15.6. The van der Waals surface area contributed by atoms with Crippen molar-refractivity contribution in [2.75, 3.05) is 0 Å². The number of hydrogen-bond acceptors (Lipinski definition) is 2. The molecule has 35 heavy (non-hydrogen) atoms. The van der Waals surface area contributed by atoms with E-state index < -0.39 is 0 Å². The van der Waals surface area contributed by atoms with Crippen LogP contribution in [0.3, 0.4) is 0 Å². The lowest BCUT2D eigenvalue weighted by Crippen LogP contribution is -2.20. The molecule has 0 bridgehead atoms. The summed E-state index contributed by atoms with van der Waals surface area (Å²) in [5, 5.41) is 9.48. The Labute approximate surface area is 209 Å². The first-order valence-electron chi connectivity index (χ1n) is 12.4. The van der Waals surface area contributed by atoms with Crippen molar-refractivity contribution in [2.45, 2.75) is 45.4 Å². The first-order chi connectivity index (χ1) is 16.9. The summed E-state index contributed by atoms with van der Waals surface area (Å²) in [4.78, 5) is 0. The molecule has 1 heterocycles. The maximum absolute atomic E-state index is 4.74. The molecule has 1 aliphatic heterocycles. The molecule has 4 aromatic carbocycles. The van der Waals surface area contributed by atoms with Crippen molar-refractivity contribution in [3.8, 4) is 11.1 Å². The van der Waals surface area contributed by atoms with Gasteiger partial charge in [-0.3, -0.25) is 0 Å². The van der Waals surface area contributed by atoms with E-state index in [2.05, 4.69) is 125 Å². The fourth-order valence-corrected chi connectivity index (χ4v) is 4.67. The van der Waals surface area contributed by atoms with Gasteiger partial charge in [0, 0.05) is 0 Å². The highest BCUT2D eigenvalue weighted by molar-refractivity contribution is 6.26. The maximum Gasteiger partial charge on any atom is 0.0838 e. The SMILES string of the molecule is CCc1ccc(C2C(c3ccc(-c4ccccc4)cc3)=NN=C2c2ccc(C(C)(C)C)cc2)cc1. The highest BCUT2D eigenvalue weighted by atomic mass is 15.2. The minimum absolute atomic E-state index is 0.00367. The monoisotopic (exact) mass is 456 g/mol. The molecular weight excluding hydrogens is 424 g/mol. The number of rotatable bonds is 5. The van der Waals surface area contributed by atoms with Crippen LogP contribution in [0.1, 0.15) is 61.4 Å². The topological polar surface area (TPSA) is 24.7 Å². The number of hydrogen-bond donors (Lipinski definition) is 0. The van der Waals surface area contributed by atoms with Crippen LogP contribution in [0.25, 0.3) is 11.1 Å². The molecule has 0 spiro atoms. The van der Waals surface area contributed by atoms with Crippen molar-refractivity contribution in [3.05, 3.63) is 131 Å². The number of benzene rings is 4. The van der Waals surface area contributed by atoms with Crippen molar-refractivity contribution in [1.82, 2.24) is 0 Å². The molecule has 0 N–H and O–H groups in total. The van der Waals surface area contributed by atoms with Crippen LogP contribution in [0.2, 0.25) is 0 Å². The van der Waals surface area contributed by atoms with Gasteiger partial charge in [-0.2, -0.15) is 10.2 Å². The summed E-state index contributed by atoms with van der Waals surface area (Å²) in [5.41, 5.74) is 10.7. The molecule has 2 heteroatoms. The van der Waals surface area contributed by atoms with Crippen LogP contribution in [0.5, 0.6) is 0 Å². The highest BCUT2D eigenvalue weighted by Gasteiger charge is 2.31. The van der Waals surface area contributed by atoms with Crippen LogP contribution in [-0.4, -0.2) is 11.4 Å². The van der Waals surface area contributed by atoms with Gasteiger partial charge >= 0.3 is 0 Å². The maximum atomic E-state index is 4.74. The van der Waals surface area contributed by atoms with E-state index in [4.69, 9.17) is 10.2 Å². The lowest BCUT2D eigenvalue weighted by molar-refractivity contribution is 0.590. The van der Waals surface area contributed by atoms with Gasteiger partial charge in [-0.15, -0.1) is 0 Å². The van der Waals surface area contributed by atoms with Crippen LogP contribution in [0, 0.1) is 0 Å². The molecule has 1 atom stereocenters. The average molecular weight is 457 g/mol. The second kappa shape index (κ2) is 9.46. The number of nitrogens with zero attached hydrogens (tertiary/aromatic N) is 2. The van der Waals surface area contributed by atoms with Gasteiger partial charge in [0.05, 0.1) is 17.3 Å². The third-order valence-electron chi connectivity index (χ3n) is 6.87. The molecule has 0 aromatic heterocycles. The summed E-state index contributed by atoms with van der Waals surface area (Å²) in [6.45, 7) is 8.92. The third-order valence-corrected chi connectivity index (χ3v) is 6.87. The summed E-state index contributed by atoms with van der Waals surface area (Å²) < 4.78 is 0. The predicted octanol–water partition coefficient (Wildman–Crippen LogP) is 8.20. The van der Waals surface area contributed by atoms with Crippen LogP contribution in [0.4, 0.5) is 0 Å². The molecule has 174 valence electrons. The van der Waals surface area contributed by atoms with Crippen LogP contribution in [0.15, 0.2) is 113 Å². The zero-order chi connectivity index (χ0) is 24.4. The Morgan fingerprint density at radius 3 is 1.57 bits per heavy atom. The van der Waals surface area contributed by atoms with E-state index in [1.807, 2.05) is 6.07 Å². The Balaban J connectivity index is 1.51. The Morgan fingerprint density at radius 2 is 1.06 bits per heavy atom. The van der Waals surface area contributed by atoms with Gasteiger partial charge in [0.2, 0.25) is 0 Å². The smallest absolute Gasteiger partial charge is 0.0838 e. The van der Waals surface area contributed by atoms with E-state index in [0.717, 1.165) is 29.0 Å². The summed E-state index contributed by atoms with van der Waals surface area (Å²) in [6, 6.07) is 37.0. The standard InChI is InChI=1S/C33H32N2/c1-5-23-11-13-26(14-12-23)30-31(27-17-15-25(16-18-27)24-9-7-6-8-10-24)34-35-32(30)28-19-21-29(22-20-28)33(2,3)4/h6-22,30H,5H2,1-4H3. The molecule has 1 unspecified atom stereocenters. The van der Waals surface area contributed by atoms with E-state index in [-0.39, 0.29) is 11.3 Å². The number of aryl methyl sites for hydroxylation is 1. The van der Waals surface area contributed by atoms with Gasteiger partial charge in [-0.25, -0.2) is 0 Å². The minimum Gasteiger partial charge on any atom is -0.154 e. The molecule has 0 saturated carbocycles. The van der Waals surface area contributed by atoms with Crippen molar-refractivity contribution < 1.29 is 0 Å². The average Bonchev–Trinajstić information content (AvgIpc) is 3.34. The van der Waals surface area contributed by atoms with Crippen LogP contribution >= 0.6 is 0 Å². The molecule has 5 rings (SSSR count).